The summed E-state index contributed by atoms with van der Waals surface area (Å²) in [5, 5.41) is 2.87. The molecule has 4 rings (SSSR count). The zero-order chi connectivity index (χ0) is 18.8. The highest BCUT2D eigenvalue weighted by molar-refractivity contribution is 5.93. The maximum Gasteiger partial charge on any atom is 0.234 e. The number of hydrogen-bond donors (Lipinski definition) is 1. The summed E-state index contributed by atoms with van der Waals surface area (Å²) in [7, 11) is 0. The van der Waals surface area contributed by atoms with Gasteiger partial charge in [0.25, 0.3) is 0 Å². The number of amides is 1. The minimum absolute atomic E-state index is 0.0192. The molecule has 1 N–H and O–H groups in total. The van der Waals surface area contributed by atoms with Crippen LogP contribution in [0.1, 0.15) is 11.1 Å². The number of rotatable bonds is 4. The Hall–Kier alpha value is -3.54. The van der Waals surface area contributed by atoms with E-state index in [2.05, 4.69) is 15.3 Å². The van der Waals surface area contributed by atoms with E-state index in [1.807, 2.05) is 48.0 Å². The van der Waals surface area contributed by atoms with Gasteiger partial charge in [-0.05, 0) is 36.2 Å². The Balaban J connectivity index is 1.59. The number of fused-ring (bicyclic) bond motifs is 1. The lowest BCUT2D eigenvalue weighted by Gasteiger charge is -2.10. The number of benzene rings is 2. The molecule has 0 fully saturated rings. The average molecular weight is 360 g/mol. The molecule has 134 valence electrons. The van der Waals surface area contributed by atoms with Gasteiger partial charge >= 0.3 is 0 Å². The van der Waals surface area contributed by atoms with Crippen molar-refractivity contribution in [1.29, 1.82) is 0 Å². The van der Waals surface area contributed by atoms with Crippen LogP contribution in [-0.4, -0.2) is 20.3 Å². The van der Waals surface area contributed by atoms with E-state index in [4.69, 9.17) is 0 Å². The van der Waals surface area contributed by atoms with Gasteiger partial charge in [-0.1, -0.05) is 30.3 Å². The van der Waals surface area contributed by atoms with Crippen molar-refractivity contribution in [1.82, 2.24) is 14.4 Å². The Morgan fingerprint density at radius 1 is 1.19 bits per heavy atom. The molecule has 2 heterocycles. The highest BCUT2D eigenvalue weighted by Crippen LogP contribution is 2.25. The molecule has 0 saturated heterocycles. The molecule has 27 heavy (non-hydrogen) atoms. The average Bonchev–Trinajstić information content (AvgIpc) is 3.09. The normalized spacial score (nSPS) is 10.9. The summed E-state index contributed by atoms with van der Waals surface area (Å²) in [5.41, 5.74) is 3.60. The number of aryl methyl sites for hydroxylation is 1. The topological polar surface area (TPSA) is 59.3 Å². The number of carbonyl (C=O) groups excluding carboxylic acids is 1. The van der Waals surface area contributed by atoms with Crippen LogP contribution in [0, 0.1) is 12.7 Å². The van der Waals surface area contributed by atoms with Gasteiger partial charge in [0.15, 0.2) is 0 Å². The molecule has 2 aromatic carbocycles. The first-order valence-electron chi connectivity index (χ1n) is 8.54. The predicted octanol–water partition coefficient (Wildman–Crippen LogP) is 4.03. The zero-order valence-corrected chi connectivity index (χ0v) is 14.7. The number of halogens is 1. The van der Waals surface area contributed by atoms with Crippen LogP contribution in [0.2, 0.25) is 0 Å². The van der Waals surface area contributed by atoms with Crippen LogP contribution in [0.5, 0.6) is 0 Å². The van der Waals surface area contributed by atoms with Gasteiger partial charge in [-0.15, -0.1) is 0 Å². The summed E-state index contributed by atoms with van der Waals surface area (Å²) >= 11 is 0. The van der Waals surface area contributed by atoms with Gasteiger partial charge in [-0.3, -0.25) is 9.20 Å². The molecule has 2 aromatic heterocycles. The fraction of sp³-hybridized carbons (Fsp3) is 0.0952. The molecule has 0 unspecified atom stereocenters. The number of nitrogens with zero attached hydrogens (tertiary/aromatic N) is 3. The molecular formula is C21H17FN4O. The van der Waals surface area contributed by atoms with E-state index in [-0.39, 0.29) is 18.1 Å². The Bertz CT molecular complexity index is 1100. The Kier molecular flexibility index (Phi) is 4.38. The van der Waals surface area contributed by atoms with E-state index in [1.165, 1.54) is 6.07 Å². The maximum absolute atomic E-state index is 13.8. The van der Waals surface area contributed by atoms with Crippen LogP contribution in [-0.2, 0) is 11.2 Å². The third kappa shape index (κ3) is 3.55. The van der Waals surface area contributed by atoms with Crippen molar-refractivity contribution in [3.8, 4) is 11.3 Å². The van der Waals surface area contributed by atoms with E-state index in [1.54, 1.807) is 24.4 Å². The first-order valence-corrected chi connectivity index (χ1v) is 8.54. The van der Waals surface area contributed by atoms with E-state index < -0.39 is 0 Å². The molecule has 0 aliphatic rings. The van der Waals surface area contributed by atoms with E-state index >= 15 is 0 Å². The third-order valence-electron chi connectivity index (χ3n) is 4.35. The van der Waals surface area contributed by atoms with Crippen molar-refractivity contribution < 1.29 is 9.18 Å². The Morgan fingerprint density at radius 2 is 2.04 bits per heavy atom. The SMILES string of the molecule is Cc1ccc(-c2cn3cccnc3n2)cc1NC(=O)Cc1ccccc1F. The van der Waals surface area contributed by atoms with Crippen LogP contribution >= 0.6 is 0 Å². The number of carbonyl (C=O) groups is 1. The van der Waals surface area contributed by atoms with E-state index in [0.717, 1.165) is 16.8 Å². The summed E-state index contributed by atoms with van der Waals surface area (Å²) in [6, 6.07) is 13.9. The minimum Gasteiger partial charge on any atom is -0.326 e. The lowest BCUT2D eigenvalue weighted by Crippen LogP contribution is -2.16. The van der Waals surface area contributed by atoms with Crippen molar-refractivity contribution in [3.63, 3.8) is 0 Å². The first-order chi connectivity index (χ1) is 13.1. The summed E-state index contributed by atoms with van der Waals surface area (Å²) in [6.07, 6.45) is 5.44. The van der Waals surface area contributed by atoms with Crippen molar-refractivity contribution in [2.24, 2.45) is 0 Å². The van der Waals surface area contributed by atoms with Crippen molar-refractivity contribution in [3.05, 3.63) is 84.1 Å². The van der Waals surface area contributed by atoms with Gasteiger partial charge in [0.05, 0.1) is 12.1 Å². The molecule has 0 spiro atoms. The third-order valence-corrected chi connectivity index (χ3v) is 4.35. The fourth-order valence-electron chi connectivity index (χ4n) is 2.89. The monoisotopic (exact) mass is 360 g/mol. The zero-order valence-electron chi connectivity index (χ0n) is 14.7. The van der Waals surface area contributed by atoms with Gasteiger partial charge in [0.1, 0.15) is 5.82 Å². The molecule has 5 nitrogen and oxygen atoms in total. The highest BCUT2D eigenvalue weighted by Gasteiger charge is 2.11. The molecule has 4 aromatic rings. The van der Waals surface area contributed by atoms with Crippen LogP contribution < -0.4 is 5.32 Å². The molecular weight excluding hydrogens is 343 g/mol. The van der Waals surface area contributed by atoms with Gasteiger partial charge in [-0.25, -0.2) is 14.4 Å². The van der Waals surface area contributed by atoms with Crippen LogP contribution in [0.25, 0.3) is 17.0 Å². The first kappa shape index (κ1) is 16.9. The largest absolute Gasteiger partial charge is 0.326 e. The maximum atomic E-state index is 13.8. The van der Waals surface area contributed by atoms with E-state index in [0.29, 0.717) is 17.0 Å². The summed E-state index contributed by atoms with van der Waals surface area (Å²) in [4.78, 5) is 21.1. The molecule has 0 atom stereocenters. The Labute approximate surface area is 155 Å². The molecule has 0 bridgehead atoms. The molecule has 6 heteroatoms. The lowest BCUT2D eigenvalue weighted by atomic mass is 10.1. The lowest BCUT2D eigenvalue weighted by molar-refractivity contribution is -0.115. The number of aromatic nitrogens is 3. The van der Waals surface area contributed by atoms with Gasteiger partial charge < -0.3 is 5.32 Å². The number of nitrogens with one attached hydrogen (secondary N) is 1. The van der Waals surface area contributed by atoms with Gasteiger partial charge in [-0.2, -0.15) is 0 Å². The van der Waals surface area contributed by atoms with Crippen molar-refractivity contribution in [2.45, 2.75) is 13.3 Å². The van der Waals surface area contributed by atoms with Crippen LogP contribution in [0.3, 0.4) is 0 Å². The quantitative estimate of drug-likeness (QED) is 0.598. The highest BCUT2D eigenvalue weighted by atomic mass is 19.1. The number of imidazole rings is 1. The van der Waals surface area contributed by atoms with Crippen LogP contribution in [0.15, 0.2) is 67.1 Å². The predicted molar refractivity (Wildman–Crippen MR) is 102 cm³/mol. The van der Waals surface area contributed by atoms with Crippen molar-refractivity contribution in [2.75, 3.05) is 5.32 Å². The molecule has 0 aliphatic heterocycles. The standard InChI is InChI=1S/C21H17FN4O/c1-14-7-8-16(19-13-26-10-4-9-23-21(26)25-19)11-18(14)24-20(27)12-15-5-2-3-6-17(15)22/h2-11,13H,12H2,1H3,(H,24,27). The minimum atomic E-state index is -0.379. The smallest absolute Gasteiger partial charge is 0.234 e. The van der Waals surface area contributed by atoms with Gasteiger partial charge in [0, 0.05) is 29.8 Å². The second-order valence-electron chi connectivity index (χ2n) is 6.30. The Morgan fingerprint density at radius 3 is 2.85 bits per heavy atom. The van der Waals surface area contributed by atoms with Crippen molar-refractivity contribution >= 4 is 17.4 Å². The van der Waals surface area contributed by atoms with E-state index in [9.17, 15) is 9.18 Å². The number of anilines is 1. The molecule has 1 amide bonds. The fourth-order valence-corrected chi connectivity index (χ4v) is 2.89. The summed E-state index contributed by atoms with van der Waals surface area (Å²) < 4.78 is 15.6. The van der Waals surface area contributed by atoms with Gasteiger partial charge in [0.2, 0.25) is 11.7 Å². The number of hydrogen-bond acceptors (Lipinski definition) is 3. The summed E-state index contributed by atoms with van der Waals surface area (Å²) in [6.45, 7) is 1.91. The second-order valence-corrected chi connectivity index (χ2v) is 6.30. The molecule has 0 aliphatic carbocycles. The second kappa shape index (κ2) is 6.99. The molecule has 0 radical (unpaired) electrons. The summed E-state index contributed by atoms with van der Waals surface area (Å²) in [5.74, 6) is -0.0365. The molecule has 0 saturated carbocycles. The van der Waals surface area contributed by atoms with Crippen LogP contribution in [0.4, 0.5) is 10.1 Å².